The number of rotatable bonds is 1. The molecule has 3 nitrogen and oxygen atoms in total. The summed E-state index contributed by atoms with van der Waals surface area (Å²) in [5, 5.41) is 4.81. The fraction of sp³-hybridized carbons (Fsp3) is 0.200. The molecule has 0 unspecified atom stereocenters. The van der Waals surface area contributed by atoms with E-state index in [2.05, 4.69) is 103 Å². The Hall–Kier alpha value is -3.20. The summed E-state index contributed by atoms with van der Waals surface area (Å²) in [5.74, 6) is 0. The Balaban J connectivity index is 1.84. The highest BCUT2D eigenvalue weighted by Gasteiger charge is 2.18. The molecular weight excluding hydrogens is 342 g/mol. The number of benzene rings is 3. The molecule has 0 aliphatic carbocycles. The molecule has 3 heteroatoms. The van der Waals surface area contributed by atoms with Gasteiger partial charge < -0.3 is 4.57 Å². The van der Waals surface area contributed by atoms with Gasteiger partial charge in [-0.2, -0.15) is 0 Å². The minimum absolute atomic E-state index is 0.137. The molecule has 0 radical (unpaired) electrons. The third-order valence-corrected chi connectivity index (χ3v) is 5.67. The first-order chi connectivity index (χ1) is 13.4. The summed E-state index contributed by atoms with van der Waals surface area (Å²) < 4.78 is 2.20. The molecule has 0 fully saturated rings. The number of fused-ring (bicyclic) bond motifs is 5. The van der Waals surface area contributed by atoms with E-state index in [1.807, 2.05) is 0 Å². The summed E-state index contributed by atoms with van der Waals surface area (Å²) in [5.41, 5.74) is 5.76. The van der Waals surface area contributed by atoms with Crippen LogP contribution in [0.2, 0.25) is 0 Å². The van der Waals surface area contributed by atoms with Crippen molar-refractivity contribution in [1.82, 2.24) is 14.5 Å². The maximum Gasteiger partial charge on any atom is 0.144 e. The van der Waals surface area contributed by atoms with Crippen molar-refractivity contribution >= 4 is 32.7 Å². The Morgan fingerprint density at radius 1 is 0.786 bits per heavy atom. The largest absolute Gasteiger partial charge is 0.328 e. The van der Waals surface area contributed by atoms with E-state index < -0.39 is 0 Å². The SMILES string of the molecule is Cn1c2ncnc(-c3ccc(C(C)(C)C)cc3)c2c2ccc3ccccc3c21. The molecule has 0 spiro atoms. The highest BCUT2D eigenvalue weighted by atomic mass is 15.0. The van der Waals surface area contributed by atoms with E-state index in [0.717, 1.165) is 22.3 Å². The van der Waals surface area contributed by atoms with Crippen LogP contribution in [0, 0.1) is 0 Å². The molecule has 28 heavy (non-hydrogen) atoms. The lowest BCUT2D eigenvalue weighted by Crippen LogP contribution is -2.10. The van der Waals surface area contributed by atoms with Crippen molar-refractivity contribution in [3.63, 3.8) is 0 Å². The minimum Gasteiger partial charge on any atom is -0.328 e. The molecule has 5 rings (SSSR count). The van der Waals surface area contributed by atoms with Crippen LogP contribution < -0.4 is 0 Å². The molecule has 2 heterocycles. The van der Waals surface area contributed by atoms with E-state index in [0.29, 0.717) is 0 Å². The Bertz CT molecular complexity index is 1340. The van der Waals surface area contributed by atoms with Crippen molar-refractivity contribution in [2.24, 2.45) is 7.05 Å². The van der Waals surface area contributed by atoms with E-state index in [1.165, 1.54) is 27.2 Å². The number of nitrogens with zero attached hydrogens (tertiary/aromatic N) is 3. The van der Waals surface area contributed by atoms with Crippen LogP contribution in [0.4, 0.5) is 0 Å². The third kappa shape index (κ3) is 2.43. The van der Waals surface area contributed by atoms with Gasteiger partial charge in [0.15, 0.2) is 0 Å². The topological polar surface area (TPSA) is 30.7 Å². The van der Waals surface area contributed by atoms with Crippen LogP contribution in [0.1, 0.15) is 26.3 Å². The molecule has 0 amide bonds. The third-order valence-electron chi connectivity index (χ3n) is 5.67. The number of hydrogen-bond acceptors (Lipinski definition) is 2. The first-order valence-corrected chi connectivity index (χ1v) is 9.67. The molecule has 5 aromatic rings. The van der Waals surface area contributed by atoms with Crippen molar-refractivity contribution < 1.29 is 0 Å². The lowest BCUT2D eigenvalue weighted by atomic mass is 9.86. The van der Waals surface area contributed by atoms with Crippen LogP contribution in [0.5, 0.6) is 0 Å². The molecular formula is C25H23N3. The van der Waals surface area contributed by atoms with E-state index in [-0.39, 0.29) is 5.41 Å². The highest BCUT2D eigenvalue weighted by molar-refractivity contribution is 6.20. The van der Waals surface area contributed by atoms with Gasteiger partial charge in [0, 0.05) is 23.4 Å². The Morgan fingerprint density at radius 2 is 1.54 bits per heavy atom. The summed E-state index contributed by atoms with van der Waals surface area (Å²) in [6.07, 6.45) is 1.68. The van der Waals surface area contributed by atoms with Crippen molar-refractivity contribution in [2.75, 3.05) is 0 Å². The highest BCUT2D eigenvalue weighted by Crippen LogP contribution is 2.37. The Labute approximate surface area is 164 Å². The quantitative estimate of drug-likeness (QED) is 0.352. The van der Waals surface area contributed by atoms with Crippen LogP contribution in [-0.4, -0.2) is 14.5 Å². The zero-order valence-corrected chi connectivity index (χ0v) is 16.7. The number of hydrogen-bond donors (Lipinski definition) is 0. The van der Waals surface area contributed by atoms with Crippen molar-refractivity contribution in [2.45, 2.75) is 26.2 Å². The second-order valence-electron chi connectivity index (χ2n) is 8.49. The molecule has 138 valence electrons. The fourth-order valence-corrected chi connectivity index (χ4v) is 4.15. The predicted octanol–water partition coefficient (Wildman–Crippen LogP) is 6.24. The maximum absolute atomic E-state index is 4.69. The molecule has 0 saturated carbocycles. The minimum atomic E-state index is 0.137. The number of aromatic nitrogens is 3. The molecule has 0 atom stereocenters. The van der Waals surface area contributed by atoms with Crippen LogP contribution in [0.3, 0.4) is 0 Å². The molecule has 0 N–H and O–H groups in total. The van der Waals surface area contributed by atoms with Crippen molar-refractivity contribution in [3.8, 4) is 11.3 Å². The van der Waals surface area contributed by atoms with E-state index in [4.69, 9.17) is 0 Å². The molecule has 2 aromatic heterocycles. The summed E-state index contributed by atoms with van der Waals surface area (Å²) >= 11 is 0. The van der Waals surface area contributed by atoms with Gasteiger partial charge in [-0.1, -0.05) is 81.4 Å². The average molecular weight is 365 g/mol. The van der Waals surface area contributed by atoms with Gasteiger partial charge in [-0.15, -0.1) is 0 Å². The van der Waals surface area contributed by atoms with Gasteiger partial charge in [-0.25, -0.2) is 9.97 Å². The average Bonchev–Trinajstić information content (AvgIpc) is 3.00. The molecule has 0 aliphatic rings. The van der Waals surface area contributed by atoms with Gasteiger partial charge in [0.25, 0.3) is 0 Å². The van der Waals surface area contributed by atoms with Crippen molar-refractivity contribution in [3.05, 3.63) is 72.6 Å². The van der Waals surface area contributed by atoms with E-state index in [9.17, 15) is 0 Å². The Kier molecular flexibility index (Phi) is 3.57. The lowest BCUT2D eigenvalue weighted by Gasteiger charge is -2.19. The summed E-state index contributed by atoms with van der Waals surface area (Å²) in [6, 6.07) is 21.7. The van der Waals surface area contributed by atoms with Crippen LogP contribution in [0.15, 0.2) is 67.0 Å². The van der Waals surface area contributed by atoms with Gasteiger partial charge in [0.2, 0.25) is 0 Å². The smallest absolute Gasteiger partial charge is 0.144 e. The van der Waals surface area contributed by atoms with E-state index in [1.54, 1.807) is 6.33 Å². The zero-order valence-electron chi connectivity index (χ0n) is 16.7. The lowest BCUT2D eigenvalue weighted by molar-refractivity contribution is 0.590. The second-order valence-corrected chi connectivity index (χ2v) is 8.49. The van der Waals surface area contributed by atoms with Crippen molar-refractivity contribution in [1.29, 1.82) is 0 Å². The number of aryl methyl sites for hydroxylation is 1. The molecule has 0 saturated heterocycles. The van der Waals surface area contributed by atoms with E-state index >= 15 is 0 Å². The van der Waals surface area contributed by atoms with Gasteiger partial charge in [0.1, 0.15) is 12.0 Å². The summed E-state index contributed by atoms with van der Waals surface area (Å²) in [4.78, 5) is 9.31. The molecule has 3 aromatic carbocycles. The normalized spacial score (nSPS) is 12.3. The summed E-state index contributed by atoms with van der Waals surface area (Å²) in [6.45, 7) is 6.71. The summed E-state index contributed by atoms with van der Waals surface area (Å²) in [7, 11) is 2.09. The standard InChI is InChI=1S/C25H23N3/c1-25(2,3)18-12-9-17(10-13-18)22-21-20-14-11-16-7-5-6-8-19(16)23(20)28(4)24(21)27-15-26-22/h5-15H,1-4H3. The predicted molar refractivity (Wildman–Crippen MR) is 118 cm³/mol. The first-order valence-electron chi connectivity index (χ1n) is 9.67. The van der Waals surface area contributed by atoms with Crippen LogP contribution in [-0.2, 0) is 12.5 Å². The monoisotopic (exact) mass is 365 g/mol. The second kappa shape index (κ2) is 5.90. The maximum atomic E-state index is 4.69. The first kappa shape index (κ1) is 16.9. The van der Waals surface area contributed by atoms with Gasteiger partial charge in [-0.3, -0.25) is 0 Å². The van der Waals surface area contributed by atoms with Crippen LogP contribution in [0.25, 0.3) is 44.0 Å². The molecule has 0 bridgehead atoms. The Morgan fingerprint density at radius 3 is 2.29 bits per heavy atom. The molecule has 0 aliphatic heterocycles. The van der Waals surface area contributed by atoms with Gasteiger partial charge in [-0.05, 0) is 16.4 Å². The zero-order chi connectivity index (χ0) is 19.5. The van der Waals surface area contributed by atoms with Gasteiger partial charge in [0.05, 0.1) is 16.6 Å². The fourth-order valence-electron chi connectivity index (χ4n) is 4.15. The van der Waals surface area contributed by atoms with Crippen LogP contribution >= 0.6 is 0 Å². The van der Waals surface area contributed by atoms with Gasteiger partial charge >= 0.3 is 0 Å².